The van der Waals surface area contributed by atoms with E-state index in [4.69, 9.17) is 5.73 Å². The number of hydrogen-bond acceptors (Lipinski definition) is 6. The van der Waals surface area contributed by atoms with Crippen LogP contribution in [0, 0.1) is 0 Å². The molecule has 7 nitrogen and oxygen atoms in total. The molecule has 18 heavy (non-hydrogen) atoms. The van der Waals surface area contributed by atoms with Gasteiger partial charge >= 0.3 is 11.7 Å². The average molecular weight is 272 g/mol. The van der Waals surface area contributed by atoms with Crippen molar-refractivity contribution in [3.8, 4) is 0 Å². The lowest BCUT2D eigenvalue weighted by molar-refractivity contribution is -0.145. The predicted octanol–water partition coefficient (Wildman–Crippen LogP) is -0.111. The molecule has 2 rings (SSSR count). The van der Waals surface area contributed by atoms with Crippen molar-refractivity contribution in [1.29, 1.82) is 0 Å². The number of nitrogens with one attached hydrogen (secondary N) is 1. The largest absolute Gasteiger partial charge is 0.468 e. The van der Waals surface area contributed by atoms with Crippen molar-refractivity contribution in [2.24, 2.45) is 5.73 Å². The number of aromatic amines is 1. The number of nitrogens with two attached hydrogens (primary N) is 1. The van der Waals surface area contributed by atoms with Crippen molar-refractivity contribution in [1.82, 2.24) is 14.8 Å². The summed E-state index contributed by atoms with van der Waals surface area (Å²) in [6.07, 6.45) is 1.98. The van der Waals surface area contributed by atoms with Gasteiger partial charge in [-0.05, 0) is 19.8 Å². The van der Waals surface area contributed by atoms with E-state index >= 15 is 0 Å². The fourth-order valence-corrected chi connectivity index (χ4v) is 2.58. The second kappa shape index (κ2) is 4.77. The lowest BCUT2D eigenvalue weighted by Crippen LogP contribution is -2.48. The van der Waals surface area contributed by atoms with E-state index in [2.05, 4.69) is 14.9 Å². The highest BCUT2D eigenvalue weighted by molar-refractivity contribution is 7.99. The SMILES string of the molecule is COC(=O)C(C)(N)CSc1n[nH]c(=O)n1C1CC1. The van der Waals surface area contributed by atoms with Crippen LogP contribution in [0.1, 0.15) is 25.8 Å². The van der Waals surface area contributed by atoms with Gasteiger partial charge in [-0.1, -0.05) is 11.8 Å². The third-order valence-corrected chi connectivity index (χ3v) is 4.03. The first kappa shape index (κ1) is 13.2. The van der Waals surface area contributed by atoms with E-state index in [1.807, 2.05) is 0 Å². The molecule has 1 heterocycles. The Hall–Kier alpha value is -1.28. The van der Waals surface area contributed by atoms with E-state index in [1.54, 1.807) is 11.5 Å². The number of hydrogen-bond donors (Lipinski definition) is 2. The minimum absolute atomic E-state index is 0.211. The van der Waals surface area contributed by atoms with Crippen LogP contribution >= 0.6 is 11.8 Å². The number of thioether (sulfide) groups is 1. The molecule has 1 aliphatic carbocycles. The summed E-state index contributed by atoms with van der Waals surface area (Å²) >= 11 is 1.28. The van der Waals surface area contributed by atoms with Gasteiger partial charge in [0.15, 0.2) is 5.16 Å². The van der Waals surface area contributed by atoms with Crippen LogP contribution in [0.15, 0.2) is 9.95 Å². The van der Waals surface area contributed by atoms with Crippen LogP contribution in [0.2, 0.25) is 0 Å². The lowest BCUT2D eigenvalue weighted by atomic mass is 10.1. The maximum atomic E-state index is 11.5. The normalized spacial score (nSPS) is 18.4. The third-order valence-electron chi connectivity index (χ3n) is 2.74. The Balaban J connectivity index is 2.06. The van der Waals surface area contributed by atoms with Crippen molar-refractivity contribution in [2.75, 3.05) is 12.9 Å². The fourth-order valence-electron chi connectivity index (χ4n) is 1.55. The zero-order valence-corrected chi connectivity index (χ0v) is 11.1. The number of rotatable bonds is 5. The minimum Gasteiger partial charge on any atom is -0.468 e. The van der Waals surface area contributed by atoms with Gasteiger partial charge in [0.1, 0.15) is 5.54 Å². The molecule has 1 aliphatic rings. The molecule has 0 bridgehead atoms. The highest BCUT2D eigenvalue weighted by atomic mass is 32.2. The summed E-state index contributed by atoms with van der Waals surface area (Å²) in [5.74, 6) is -0.178. The van der Waals surface area contributed by atoms with Crippen LogP contribution in [0.25, 0.3) is 0 Å². The number of methoxy groups -OCH3 is 1. The Morgan fingerprint density at radius 2 is 2.39 bits per heavy atom. The molecule has 1 saturated carbocycles. The van der Waals surface area contributed by atoms with Gasteiger partial charge in [0.2, 0.25) is 0 Å². The molecule has 1 fully saturated rings. The Labute approximate surface area is 108 Å². The van der Waals surface area contributed by atoms with Crippen LogP contribution in [-0.4, -0.2) is 39.1 Å². The summed E-state index contributed by atoms with van der Waals surface area (Å²) in [4.78, 5) is 23.0. The van der Waals surface area contributed by atoms with Crippen LogP contribution in [-0.2, 0) is 9.53 Å². The van der Waals surface area contributed by atoms with Gasteiger partial charge in [-0.2, -0.15) is 0 Å². The first-order valence-corrected chi connectivity index (χ1v) is 6.61. The topological polar surface area (TPSA) is 103 Å². The number of carbonyl (C=O) groups is 1. The minimum atomic E-state index is -1.09. The molecule has 0 aromatic carbocycles. The van der Waals surface area contributed by atoms with E-state index in [0.29, 0.717) is 10.9 Å². The van der Waals surface area contributed by atoms with Crippen LogP contribution < -0.4 is 11.4 Å². The first-order valence-electron chi connectivity index (χ1n) is 5.62. The first-order chi connectivity index (χ1) is 8.45. The van der Waals surface area contributed by atoms with Gasteiger partial charge < -0.3 is 10.5 Å². The van der Waals surface area contributed by atoms with Crippen molar-refractivity contribution >= 4 is 17.7 Å². The van der Waals surface area contributed by atoms with Gasteiger partial charge in [0, 0.05) is 11.8 Å². The second-order valence-electron chi connectivity index (χ2n) is 4.61. The van der Waals surface area contributed by atoms with E-state index in [-0.39, 0.29) is 11.7 Å². The zero-order chi connectivity index (χ0) is 13.3. The molecule has 0 amide bonds. The number of esters is 1. The average Bonchev–Trinajstić information content (AvgIpc) is 3.10. The maximum Gasteiger partial charge on any atom is 0.344 e. The molecule has 1 aromatic rings. The quantitative estimate of drug-likeness (QED) is 0.572. The molecule has 1 atom stereocenters. The molecular weight excluding hydrogens is 256 g/mol. The Morgan fingerprint density at radius 1 is 1.72 bits per heavy atom. The van der Waals surface area contributed by atoms with Crippen LogP contribution in [0.4, 0.5) is 0 Å². The molecule has 0 spiro atoms. The van der Waals surface area contributed by atoms with Gasteiger partial charge in [-0.3, -0.25) is 9.36 Å². The highest BCUT2D eigenvalue weighted by Gasteiger charge is 2.33. The predicted molar refractivity (Wildman–Crippen MR) is 66.5 cm³/mol. The Kier molecular flexibility index (Phi) is 3.49. The number of aromatic nitrogens is 3. The van der Waals surface area contributed by atoms with Crippen molar-refractivity contribution in [3.05, 3.63) is 10.5 Å². The van der Waals surface area contributed by atoms with Gasteiger partial charge in [-0.25, -0.2) is 9.89 Å². The van der Waals surface area contributed by atoms with Gasteiger partial charge in [-0.15, -0.1) is 5.10 Å². The van der Waals surface area contributed by atoms with Crippen LogP contribution in [0.5, 0.6) is 0 Å². The molecular formula is C10H16N4O3S. The summed E-state index contributed by atoms with van der Waals surface area (Å²) in [7, 11) is 1.30. The molecule has 0 saturated heterocycles. The molecule has 100 valence electrons. The summed E-state index contributed by atoms with van der Waals surface area (Å²) < 4.78 is 6.25. The summed E-state index contributed by atoms with van der Waals surface area (Å²) in [5, 5.41) is 6.94. The monoisotopic (exact) mass is 272 g/mol. The number of nitrogens with zero attached hydrogens (tertiary/aromatic N) is 2. The third kappa shape index (κ3) is 2.59. The number of ether oxygens (including phenoxy) is 1. The molecule has 0 aliphatic heterocycles. The summed E-state index contributed by atoms with van der Waals surface area (Å²) in [6, 6.07) is 0.237. The van der Waals surface area contributed by atoms with Crippen molar-refractivity contribution in [2.45, 2.75) is 36.5 Å². The van der Waals surface area contributed by atoms with Crippen LogP contribution in [0.3, 0.4) is 0 Å². The number of H-pyrrole nitrogens is 1. The van der Waals surface area contributed by atoms with E-state index in [1.165, 1.54) is 18.9 Å². The van der Waals surface area contributed by atoms with Crippen molar-refractivity contribution < 1.29 is 9.53 Å². The highest BCUT2D eigenvalue weighted by Crippen LogP contribution is 2.36. The summed E-state index contributed by atoms with van der Waals surface area (Å²) in [6.45, 7) is 1.60. The lowest BCUT2D eigenvalue weighted by Gasteiger charge is -2.20. The van der Waals surface area contributed by atoms with Crippen molar-refractivity contribution in [3.63, 3.8) is 0 Å². The molecule has 8 heteroatoms. The van der Waals surface area contributed by atoms with E-state index in [9.17, 15) is 9.59 Å². The second-order valence-corrected chi connectivity index (χ2v) is 5.55. The molecule has 0 radical (unpaired) electrons. The van der Waals surface area contributed by atoms with Gasteiger partial charge in [0.05, 0.1) is 7.11 Å². The Morgan fingerprint density at radius 3 is 2.94 bits per heavy atom. The zero-order valence-electron chi connectivity index (χ0n) is 10.3. The number of carbonyl (C=O) groups excluding carboxylic acids is 1. The van der Waals surface area contributed by atoms with Gasteiger partial charge in [0.25, 0.3) is 0 Å². The Bertz CT molecular complexity index is 503. The fraction of sp³-hybridized carbons (Fsp3) is 0.700. The van der Waals surface area contributed by atoms with E-state index in [0.717, 1.165) is 12.8 Å². The maximum absolute atomic E-state index is 11.5. The molecule has 1 unspecified atom stereocenters. The standard InChI is InChI=1S/C10H16N4O3S/c1-10(11,7(15)17-2)5-18-9-13-12-8(16)14(9)6-3-4-6/h6H,3-5,11H2,1-2H3,(H,12,16). The molecule has 3 N–H and O–H groups in total. The smallest absolute Gasteiger partial charge is 0.344 e. The molecule has 1 aromatic heterocycles. The summed E-state index contributed by atoms with van der Waals surface area (Å²) in [5.41, 5.74) is 4.54. The van der Waals surface area contributed by atoms with E-state index < -0.39 is 11.5 Å².